The lowest BCUT2D eigenvalue weighted by Crippen LogP contribution is -2.23. The number of para-hydroxylation sites is 2. The molecule has 156 valence electrons. The molecule has 0 radical (unpaired) electrons. The minimum absolute atomic E-state index is 0.167. The lowest BCUT2D eigenvalue weighted by atomic mass is 10.2. The van der Waals surface area contributed by atoms with Crippen molar-refractivity contribution >= 4 is 34.6 Å². The van der Waals surface area contributed by atoms with E-state index in [1.807, 2.05) is 66.7 Å². The average Bonchev–Trinajstić information content (AvgIpc) is 3.16. The van der Waals surface area contributed by atoms with Crippen LogP contribution in [0.1, 0.15) is 11.4 Å². The van der Waals surface area contributed by atoms with Crippen molar-refractivity contribution in [2.75, 3.05) is 6.61 Å². The van der Waals surface area contributed by atoms with Crippen molar-refractivity contribution in [2.45, 2.75) is 13.1 Å². The van der Waals surface area contributed by atoms with Gasteiger partial charge in [0.1, 0.15) is 18.2 Å². The molecule has 1 heterocycles. The molecule has 0 saturated carbocycles. The van der Waals surface area contributed by atoms with E-state index in [9.17, 15) is 4.79 Å². The van der Waals surface area contributed by atoms with Crippen LogP contribution in [0.3, 0.4) is 0 Å². The van der Waals surface area contributed by atoms with E-state index in [-0.39, 0.29) is 5.91 Å². The fourth-order valence-electron chi connectivity index (χ4n) is 3.26. The van der Waals surface area contributed by atoms with E-state index in [0.29, 0.717) is 24.7 Å². The Morgan fingerprint density at radius 2 is 1.74 bits per heavy atom. The molecule has 5 nitrogen and oxygen atoms in total. The Labute approximate surface area is 185 Å². The van der Waals surface area contributed by atoms with Gasteiger partial charge in [-0.3, -0.25) is 4.79 Å². The van der Waals surface area contributed by atoms with E-state index in [0.717, 1.165) is 28.2 Å². The van der Waals surface area contributed by atoms with Gasteiger partial charge in [-0.05, 0) is 48.0 Å². The second kappa shape index (κ2) is 9.96. The summed E-state index contributed by atoms with van der Waals surface area (Å²) in [6.07, 6.45) is 3.32. The molecule has 0 fully saturated rings. The van der Waals surface area contributed by atoms with Gasteiger partial charge in [0.25, 0.3) is 0 Å². The predicted octanol–water partition coefficient (Wildman–Crippen LogP) is 5.10. The highest BCUT2D eigenvalue weighted by Gasteiger charge is 2.11. The summed E-state index contributed by atoms with van der Waals surface area (Å²) in [5.41, 5.74) is 2.87. The molecule has 0 aliphatic heterocycles. The summed E-state index contributed by atoms with van der Waals surface area (Å²) in [5.74, 6) is 1.37. The zero-order valence-electron chi connectivity index (χ0n) is 16.9. The first kappa shape index (κ1) is 20.7. The highest BCUT2D eigenvalue weighted by Crippen LogP contribution is 2.18. The van der Waals surface area contributed by atoms with Crippen molar-refractivity contribution in [3.05, 3.63) is 101 Å². The number of hydrogen-bond donors (Lipinski definition) is 1. The lowest BCUT2D eigenvalue weighted by Gasteiger charge is -2.11. The lowest BCUT2D eigenvalue weighted by molar-refractivity contribution is -0.116. The van der Waals surface area contributed by atoms with Gasteiger partial charge in [-0.15, -0.1) is 0 Å². The summed E-state index contributed by atoms with van der Waals surface area (Å²) >= 11 is 5.92. The average molecular weight is 432 g/mol. The molecule has 6 heteroatoms. The van der Waals surface area contributed by atoms with Gasteiger partial charge < -0.3 is 14.6 Å². The van der Waals surface area contributed by atoms with E-state index >= 15 is 0 Å². The van der Waals surface area contributed by atoms with Crippen LogP contribution in [0.2, 0.25) is 5.02 Å². The normalized spacial score (nSPS) is 11.1. The van der Waals surface area contributed by atoms with Crippen molar-refractivity contribution in [3.63, 3.8) is 0 Å². The summed E-state index contributed by atoms with van der Waals surface area (Å²) in [5, 5.41) is 3.59. The van der Waals surface area contributed by atoms with Gasteiger partial charge >= 0.3 is 0 Å². The number of benzene rings is 3. The minimum atomic E-state index is -0.167. The van der Waals surface area contributed by atoms with Crippen LogP contribution in [0.15, 0.2) is 84.9 Å². The van der Waals surface area contributed by atoms with Crippen molar-refractivity contribution in [1.82, 2.24) is 14.9 Å². The first-order chi connectivity index (χ1) is 15.2. The number of hydrogen-bond acceptors (Lipinski definition) is 3. The Kier molecular flexibility index (Phi) is 6.65. The molecule has 0 unspecified atom stereocenters. The molecule has 0 aliphatic carbocycles. The number of rotatable bonds is 8. The highest BCUT2D eigenvalue weighted by atomic mass is 35.5. The molecule has 4 rings (SSSR count). The van der Waals surface area contributed by atoms with E-state index in [2.05, 4.69) is 9.88 Å². The Bertz CT molecular complexity index is 1180. The maximum atomic E-state index is 12.3. The van der Waals surface area contributed by atoms with Crippen LogP contribution >= 0.6 is 11.6 Å². The number of nitrogens with zero attached hydrogens (tertiary/aromatic N) is 2. The minimum Gasteiger partial charge on any atom is -0.492 e. The SMILES string of the molecule is O=C(/C=C/c1ccccc1)NCc1nc2ccccc2n1CCOc1ccc(Cl)cc1. The van der Waals surface area contributed by atoms with Crippen LogP contribution in [0.5, 0.6) is 5.75 Å². The molecule has 1 amide bonds. The van der Waals surface area contributed by atoms with Crippen LogP contribution in [-0.4, -0.2) is 22.1 Å². The van der Waals surface area contributed by atoms with Crippen LogP contribution in [0, 0.1) is 0 Å². The standard InChI is InChI=1S/C25H22ClN3O2/c26-20-11-13-21(14-12-20)31-17-16-29-23-9-5-4-8-22(23)28-24(29)18-27-25(30)15-10-19-6-2-1-3-7-19/h1-15H,16-18H2,(H,27,30)/b15-10+. The fraction of sp³-hybridized carbons (Fsp3) is 0.120. The predicted molar refractivity (Wildman–Crippen MR) is 124 cm³/mol. The summed E-state index contributed by atoms with van der Waals surface area (Å²) in [6.45, 7) is 1.40. The molecule has 0 saturated heterocycles. The fourth-order valence-corrected chi connectivity index (χ4v) is 3.38. The number of halogens is 1. The molecule has 0 bridgehead atoms. The van der Waals surface area contributed by atoms with Gasteiger partial charge in [-0.25, -0.2) is 4.98 Å². The number of ether oxygens (including phenoxy) is 1. The number of carbonyl (C=O) groups is 1. The number of fused-ring (bicyclic) bond motifs is 1. The number of nitrogens with one attached hydrogen (secondary N) is 1. The van der Waals surface area contributed by atoms with Crippen LogP contribution < -0.4 is 10.1 Å². The number of carbonyl (C=O) groups excluding carboxylic acids is 1. The smallest absolute Gasteiger partial charge is 0.244 e. The third-order valence-corrected chi connectivity index (χ3v) is 5.03. The van der Waals surface area contributed by atoms with Crippen molar-refractivity contribution in [3.8, 4) is 5.75 Å². The van der Waals surface area contributed by atoms with E-state index in [1.54, 1.807) is 18.2 Å². The number of imidazole rings is 1. The van der Waals surface area contributed by atoms with Gasteiger partial charge in [0, 0.05) is 11.1 Å². The maximum absolute atomic E-state index is 12.3. The third kappa shape index (κ3) is 5.53. The third-order valence-electron chi connectivity index (χ3n) is 4.78. The summed E-state index contributed by atoms with van der Waals surface area (Å²) in [4.78, 5) is 17.0. The first-order valence-electron chi connectivity index (χ1n) is 10.0. The summed E-state index contributed by atoms with van der Waals surface area (Å²) in [6, 6.07) is 24.9. The zero-order valence-corrected chi connectivity index (χ0v) is 17.6. The Morgan fingerprint density at radius 1 is 1.00 bits per heavy atom. The van der Waals surface area contributed by atoms with E-state index in [4.69, 9.17) is 21.3 Å². The summed E-state index contributed by atoms with van der Waals surface area (Å²) < 4.78 is 7.92. The van der Waals surface area contributed by atoms with E-state index in [1.165, 1.54) is 6.08 Å². The van der Waals surface area contributed by atoms with Gasteiger partial charge in [0.2, 0.25) is 5.91 Å². The van der Waals surface area contributed by atoms with Crippen molar-refractivity contribution < 1.29 is 9.53 Å². The van der Waals surface area contributed by atoms with Crippen molar-refractivity contribution in [1.29, 1.82) is 0 Å². The topological polar surface area (TPSA) is 56.2 Å². The second-order valence-corrected chi connectivity index (χ2v) is 7.37. The van der Waals surface area contributed by atoms with Crippen LogP contribution in [0.25, 0.3) is 17.1 Å². The number of amides is 1. The molecular formula is C25H22ClN3O2. The molecule has 3 aromatic carbocycles. The molecule has 0 spiro atoms. The summed E-state index contributed by atoms with van der Waals surface area (Å²) in [7, 11) is 0. The number of aromatic nitrogens is 2. The largest absolute Gasteiger partial charge is 0.492 e. The van der Waals surface area contributed by atoms with Gasteiger partial charge in [0.15, 0.2) is 0 Å². The molecule has 0 atom stereocenters. The van der Waals surface area contributed by atoms with Gasteiger partial charge in [-0.2, -0.15) is 0 Å². The zero-order chi connectivity index (χ0) is 21.5. The first-order valence-corrected chi connectivity index (χ1v) is 10.4. The Morgan fingerprint density at radius 3 is 2.55 bits per heavy atom. The maximum Gasteiger partial charge on any atom is 0.244 e. The monoisotopic (exact) mass is 431 g/mol. The quantitative estimate of drug-likeness (QED) is 0.395. The van der Waals surface area contributed by atoms with Gasteiger partial charge in [0.05, 0.1) is 24.1 Å². The Hall–Kier alpha value is -3.57. The van der Waals surface area contributed by atoms with Crippen LogP contribution in [0.4, 0.5) is 0 Å². The molecule has 31 heavy (non-hydrogen) atoms. The Balaban J connectivity index is 1.42. The van der Waals surface area contributed by atoms with E-state index < -0.39 is 0 Å². The van der Waals surface area contributed by atoms with Crippen molar-refractivity contribution in [2.24, 2.45) is 0 Å². The second-order valence-electron chi connectivity index (χ2n) is 6.93. The molecule has 4 aromatic rings. The molecular weight excluding hydrogens is 410 g/mol. The highest BCUT2D eigenvalue weighted by molar-refractivity contribution is 6.30. The molecule has 0 aliphatic rings. The molecule has 1 N–H and O–H groups in total. The van der Waals surface area contributed by atoms with Crippen LogP contribution in [-0.2, 0) is 17.9 Å². The van der Waals surface area contributed by atoms with Gasteiger partial charge in [-0.1, -0.05) is 54.1 Å². The molecule has 1 aromatic heterocycles.